The molecule has 2 heterocycles. The van der Waals surface area contributed by atoms with Gasteiger partial charge < -0.3 is 14.9 Å². The molecule has 0 atom stereocenters. The number of rotatable bonds is 3. The van der Waals surface area contributed by atoms with Crippen LogP contribution in [-0.4, -0.2) is 35.0 Å². The largest absolute Gasteiger partial charge is 0.492 e. The number of hydrogen-bond acceptors (Lipinski definition) is 5. The van der Waals surface area contributed by atoms with Crippen molar-refractivity contribution in [3.8, 4) is 5.75 Å². The van der Waals surface area contributed by atoms with Gasteiger partial charge in [0.1, 0.15) is 17.1 Å². The molecule has 1 aromatic rings. The van der Waals surface area contributed by atoms with Crippen LogP contribution < -0.4 is 10.2 Å². The number of nitrogens with zero attached hydrogens (tertiary/aromatic N) is 1. The number of carbonyl (C=O) groups excluding carboxylic acids is 1. The average molecular weight is 292 g/mol. The molecule has 21 heavy (non-hydrogen) atoms. The lowest BCUT2D eigenvalue weighted by molar-refractivity contribution is -0.115. The molecular weight excluding hydrogens is 279 g/mol. The fraction of sp³-hybridized carbons (Fsp3) is 0.286. The Hall–Kier alpha value is -2.41. The Morgan fingerprint density at radius 3 is 3.00 bits per heavy atom. The summed E-state index contributed by atoms with van der Waals surface area (Å²) in [7, 11) is 0. The summed E-state index contributed by atoms with van der Waals surface area (Å²) in [6, 6.07) is 1.62. The van der Waals surface area contributed by atoms with Crippen molar-refractivity contribution < 1.29 is 23.8 Å². The number of fused-ring (bicyclic) bond motifs is 1. The number of nitrogens with one attached hydrogen (secondary N) is 1. The minimum Gasteiger partial charge on any atom is -0.492 e. The number of halogens is 1. The molecule has 0 saturated carbocycles. The van der Waals surface area contributed by atoms with E-state index in [4.69, 9.17) is 4.74 Å². The van der Waals surface area contributed by atoms with Crippen LogP contribution in [0.5, 0.6) is 5.75 Å². The molecule has 3 rings (SSSR count). The zero-order chi connectivity index (χ0) is 15.0. The first-order valence-electron chi connectivity index (χ1n) is 6.48. The van der Waals surface area contributed by atoms with Crippen LogP contribution in [0.1, 0.15) is 21.5 Å². The van der Waals surface area contributed by atoms with Gasteiger partial charge in [0.05, 0.1) is 19.7 Å². The number of ether oxygens (including phenoxy) is 1. The van der Waals surface area contributed by atoms with Gasteiger partial charge in [0.15, 0.2) is 5.78 Å². The van der Waals surface area contributed by atoms with Crippen molar-refractivity contribution >= 4 is 11.8 Å². The summed E-state index contributed by atoms with van der Waals surface area (Å²) in [5.74, 6) is -2.08. The third-order valence-electron chi connectivity index (χ3n) is 3.44. The Kier molecular flexibility index (Phi) is 3.34. The Bertz CT molecular complexity index is 657. The highest BCUT2D eigenvalue weighted by Crippen LogP contribution is 2.34. The molecule has 2 aliphatic heterocycles. The number of hydrazine groups is 1. The first-order valence-corrected chi connectivity index (χ1v) is 6.48. The lowest BCUT2D eigenvalue weighted by atomic mass is 10.0. The van der Waals surface area contributed by atoms with E-state index in [2.05, 4.69) is 5.43 Å². The van der Waals surface area contributed by atoms with E-state index in [1.165, 1.54) is 12.3 Å². The highest BCUT2D eigenvalue weighted by molar-refractivity contribution is 5.92. The van der Waals surface area contributed by atoms with Crippen LogP contribution in [0.15, 0.2) is 18.3 Å². The van der Waals surface area contributed by atoms with E-state index in [0.29, 0.717) is 18.6 Å². The molecule has 0 aromatic heterocycles. The second-order valence-corrected chi connectivity index (χ2v) is 4.86. The van der Waals surface area contributed by atoms with E-state index >= 15 is 0 Å². The monoisotopic (exact) mass is 292 g/mol. The minimum atomic E-state index is -1.34. The lowest BCUT2D eigenvalue weighted by Gasteiger charge is -2.24. The molecule has 0 spiro atoms. The van der Waals surface area contributed by atoms with Crippen LogP contribution >= 0.6 is 0 Å². The molecule has 0 radical (unpaired) electrons. The SMILES string of the molecule is O=C1C=CN(Cc2cc3c(c(C(=O)O)c2F)OCC3)NC1. The summed E-state index contributed by atoms with van der Waals surface area (Å²) < 4.78 is 19.6. The van der Waals surface area contributed by atoms with E-state index in [1.807, 2.05) is 0 Å². The van der Waals surface area contributed by atoms with E-state index in [0.717, 1.165) is 0 Å². The van der Waals surface area contributed by atoms with Crippen molar-refractivity contribution in [2.45, 2.75) is 13.0 Å². The highest BCUT2D eigenvalue weighted by atomic mass is 19.1. The molecule has 7 heteroatoms. The third kappa shape index (κ3) is 2.47. The summed E-state index contributed by atoms with van der Waals surface area (Å²) >= 11 is 0. The molecule has 0 bridgehead atoms. The van der Waals surface area contributed by atoms with Crippen molar-refractivity contribution in [1.82, 2.24) is 10.4 Å². The fourth-order valence-corrected chi connectivity index (χ4v) is 2.44. The van der Waals surface area contributed by atoms with Crippen molar-refractivity contribution in [1.29, 1.82) is 0 Å². The van der Waals surface area contributed by atoms with Crippen LogP contribution in [0, 0.1) is 5.82 Å². The van der Waals surface area contributed by atoms with Crippen LogP contribution in [0.4, 0.5) is 4.39 Å². The van der Waals surface area contributed by atoms with Gasteiger partial charge in [0.2, 0.25) is 0 Å². The summed E-state index contributed by atoms with van der Waals surface area (Å²) in [5, 5.41) is 10.7. The Morgan fingerprint density at radius 1 is 1.52 bits per heavy atom. The topological polar surface area (TPSA) is 78.9 Å². The summed E-state index contributed by atoms with van der Waals surface area (Å²) in [4.78, 5) is 22.3. The maximum absolute atomic E-state index is 14.4. The smallest absolute Gasteiger partial charge is 0.342 e. The van der Waals surface area contributed by atoms with Crippen LogP contribution in [0.3, 0.4) is 0 Å². The maximum atomic E-state index is 14.4. The summed E-state index contributed by atoms with van der Waals surface area (Å²) in [5.41, 5.74) is 3.34. The van der Waals surface area contributed by atoms with E-state index in [1.54, 1.807) is 11.1 Å². The fourth-order valence-electron chi connectivity index (χ4n) is 2.44. The molecule has 6 nitrogen and oxygen atoms in total. The number of benzene rings is 1. The highest BCUT2D eigenvalue weighted by Gasteiger charge is 2.28. The van der Waals surface area contributed by atoms with Gasteiger partial charge in [-0.1, -0.05) is 0 Å². The molecule has 0 fully saturated rings. The zero-order valence-electron chi connectivity index (χ0n) is 11.1. The minimum absolute atomic E-state index is 0.0692. The number of hydrogen-bond donors (Lipinski definition) is 2. The van der Waals surface area contributed by atoms with Crippen molar-refractivity contribution in [2.75, 3.05) is 13.2 Å². The Labute approximate surface area is 119 Å². The molecule has 0 unspecified atom stereocenters. The first-order chi connectivity index (χ1) is 10.1. The van der Waals surface area contributed by atoms with Gasteiger partial charge in [0.25, 0.3) is 0 Å². The number of carbonyl (C=O) groups is 2. The van der Waals surface area contributed by atoms with Gasteiger partial charge in [-0.15, -0.1) is 0 Å². The zero-order valence-corrected chi connectivity index (χ0v) is 11.1. The number of carboxylic acid groups (broad SMARTS) is 1. The van der Waals surface area contributed by atoms with Gasteiger partial charge in [-0.3, -0.25) is 4.79 Å². The molecule has 110 valence electrons. The molecule has 0 amide bonds. The molecule has 0 aliphatic carbocycles. The van der Waals surface area contributed by atoms with Gasteiger partial charge in [0, 0.05) is 18.2 Å². The molecule has 1 aromatic carbocycles. The summed E-state index contributed by atoms with van der Waals surface area (Å²) in [6.07, 6.45) is 3.46. The predicted octanol–water partition coefficient (Wildman–Crippen LogP) is 0.862. The molecule has 0 saturated heterocycles. The molecule has 2 aliphatic rings. The summed E-state index contributed by atoms with van der Waals surface area (Å²) in [6.45, 7) is 0.621. The van der Waals surface area contributed by atoms with E-state index in [-0.39, 0.29) is 30.2 Å². The molecular formula is C14H13FN2O4. The van der Waals surface area contributed by atoms with E-state index < -0.39 is 17.3 Å². The third-order valence-corrected chi connectivity index (χ3v) is 3.44. The van der Waals surface area contributed by atoms with Crippen LogP contribution in [0.2, 0.25) is 0 Å². The van der Waals surface area contributed by atoms with Crippen molar-refractivity contribution in [3.05, 3.63) is 40.8 Å². The van der Waals surface area contributed by atoms with Gasteiger partial charge in [-0.2, -0.15) is 0 Å². The van der Waals surface area contributed by atoms with Gasteiger partial charge in [-0.25, -0.2) is 14.6 Å². The second kappa shape index (κ2) is 5.17. The van der Waals surface area contributed by atoms with Gasteiger partial charge >= 0.3 is 5.97 Å². The Balaban J connectivity index is 1.96. The Morgan fingerprint density at radius 2 is 2.33 bits per heavy atom. The number of carboxylic acids is 1. The lowest BCUT2D eigenvalue weighted by Crippen LogP contribution is -2.40. The van der Waals surface area contributed by atoms with E-state index in [9.17, 15) is 19.1 Å². The van der Waals surface area contributed by atoms with Gasteiger partial charge in [-0.05, 0) is 17.7 Å². The number of aromatic carboxylic acids is 1. The number of ketones is 1. The standard InChI is InChI=1S/C14H13FN2O4/c15-12-9(7-17-3-1-10(18)6-16-17)5-8-2-4-21-13(8)11(12)14(19)20/h1,3,5,16H,2,4,6-7H2,(H,19,20). The normalized spacial score (nSPS) is 16.8. The first kappa shape index (κ1) is 13.6. The van der Waals surface area contributed by atoms with Crippen molar-refractivity contribution in [2.24, 2.45) is 0 Å². The van der Waals surface area contributed by atoms with Crippen molar-refractivity contribution in [3.63, 3.8) is 0 Å². The second-order valence-electron chi connectivity index (χ2n) is 4.86. The molecule has 2 N–H and O–H groups in total. The predicted molar refractivity (Wildman–Crippen MR) is 70.3 cm³/mol. The average Bonchev–Trinajstić information content (AvgIpc) is 2.89. The van der Waals surface area contributed by atoms with Crippen LogP contribution in [-0.2, 0) is 17.8 Å². The maximum Gasteiger partial charge on any atom is 0.342 e. The van der Waals surface area contributed by atoms with Crippen LogP contribution in [0.25, 0.3) is 0 Å². The quantitative estimate of drug-likeness (QED) is 0.860.